The summed E-state index contributed by atoms with van der Waals surface area (Å²) in [7, 11) is 1.40. The van der Waals surface area contributed by atoms with Gasteiger partial charge in [0.1, 0.15) is 5.75 Å². The van der Waals surface area contributed by atoms with E-state index in [1.165, 1.54) is 26.4 Å². The largest absolute Gasteiger partial charge is 0.493 e. The fourth-order valence-corrected chi connectivity index (χ4v) is 5.60. The topological polar surface area (TPSA) is 66.8 Å². The molecule has 1 aromatic heterocycles. The van der Waals surface area contributed by atoms with E-state index in [9.17, 15) is 9.59 Å². The highest BCUT2D eigenvalue weighted by atomic mass is 16.6. The van der Waals surface area contributed by atoms with Crippen molar-refractivity contribution in [3.05, 3.63) is 75.7 Å². The normalized spacial score (nSPS) is 16.1. The van der Waals surface area contributed by atoms with Crippen molar-refractivity contribution in [3.8, 4) is 28.0 Å². The maximum Gasteiger partial charge on any atom is 0.339 e. The zero-order chi connectivity index (χ0) is 27.7. The van der Waals surface area contributed by atoms with Crippen molar-refractivity contribution in [3.63, 3.8) is 0 Å². The summed E-state index contributed by atoms with van der Waals surface area (Å²) in [5.41, 5.74) is 6.06. The van der Waals surface area contributed by atoms with Gasteiger partial charge in [-0.3, -0.25) is 4.79 Å². The van der Waals surface area contributed by atoms with Gasteiger partial charge in [0.25, 0.3) is 5.56 Å². The molecule has 0 N–H and O–H groups in total. The van der Waals surface area contributed by atoms with Crippen molar-refractivity contribution < 1.29 is 19.0 Å². The first-order valence-electron chi connectivity index (χ1n) is 14.0. The van der Waals surface area contributed by atoms with Gasteiger partial charge in [-0.15, -0.1) is 0 Å². The first-order chi connectivity index (χ1) is 18.6. The van der Waals surface area contributed by atoms with Gasteiger partial charge in [0.2, 0.25) is 0 Å². The van der Waals surface area contributed by atoms with Crippen molar-refractivity contribution in [2.75, 3.05) is 13.7 Å². The molecule has 2 heterocycles. The zero-order valence-electron chi connectivity index (χ0n) is 23.7. The second-order valence-electron chi connectivity index (χ2n) is 11.8. The Hall–Kier alpha value is -3.38. The number of carbonyl (C=O) groups excluding carboxylic acids is 1. The predicted octanol–water partition coefficient (Wildman–Crippen LogP) is 6.65. The van der Waals surface area contributed by atoms with Crippen LogP contribution in [-0.2, 0) is 27.2 Å². The minimum Gasteiger partial charge on any atom is -0.493 e. The smallest absolute Gasteiger partial charge is 0.339 e. The Kier molecular flexibility index (Phi) is 7.68. The number of benzene rings is 2. The van der Waals surface area contributed by atoms with Gasteiger partial charge in [0.05, 0.1) is 19.3 Å². The zero-order valence-corrected chi connectivity index (χ0v) is 23.7. The number of pyridine rings is 1. The number of esters is 1. The van der Waals surface area contributed by atoms with Crippen LogP contribution in [0.25, 0.3) is 22.3 Å². The third-order valence-electron chi connectivity index (χ3n) is 7.78. The van der Waals surface area contributed by atoms with E-state index in [-0.39, 0.29) is 5.56 Å². The van der Waals surface area contributed by atoms with Gasteiger partial charge in [0.15, 0.2) is 6.10 Å². The van der Waals surface area contributed by atoms with Crippen molar-refractivity contribution in [1.82, 2.24) is 4.57 Å². The number of aromatic nitrogens is 1. The molecule has 0 saturated heterocycles. The van der Waals surface area contributed by atoms with Gasteiger partial charge in [-0.25, -0.2) is 4.79 Å². The Morgan fingerprint density at radius 3 is 2.54 bits per heavy atom. The number of hydrogen-bond donors (Lipinski definition) is 0. The predicted molar refractivity (Wildman–Crippen MR) is 153 cm³/mol. The molecule has 2 aromatic carbocycles. The van der Waals surface area contributed by atoms with Crippen LogP contribution >= 0.6 is 0 Å². The van der Waals surface area contributed by atoms with Gasteiger partial charge < -0.3 is 18.8 Å². The summed E-state index contributed by atoms with van der Waals surface area (Å²) in [5.74, 6) is 1.02. The third-order valence-corrected chi connectivity index (χ3v) is 7.78. The molecule has 39 heavy (non-hydrogen) atoms. The Morgan fingerprint density at radius 1 is 1.08 bits per heavy atom. The Labute approximate surface area is 230 Å². The summed E-state index contributed by atoms with van der Waals surface area (Å²) in [6, 6.07) is 13.9. The first kappa shape index (κ1) is 27.2. The third kappa shape index (κ3) is 5.81. The fourth-order valence-electron chi connectivity index (χ4n) is 5.60. The summed E-state index contributed by atoms with van der Waals surface area (Å²) >= 11 is 0. The number of ether oxygens (including phenoxy) is 3. The Morgan fingerprint density at radius 2 is 1.85 bits per heavy atom. The Bertz CT molecular complexity index is 1430. The molecule has 1 atom stereocenters. The van der Waals surface area contributed by atoms with Crippen LogP contribution in [0.5, 0.6) is 5.75 Å². The summed E-state index contributed by atoms with van der Waals surface area (Å²) in [5, 5.41) is 0. The summed E-state index contributed by atoms with van der Waals surface area (Å²) < 4.78 is 19.4. The SMILES string of the molecule is COC(=O)C(OC(C)(C)C)c1c(C)ccc(-c2ccc(=O)n(CC3CCC3)c2)c1-c1ccc2c(c1)CCCO2. The molecule has 1 aliphatic heterocycles. The van der Waals surface area contributed by atoms with Crippen LogP contribution in [0.4, 0.5) is 0 Å². The van der Waals surface area contributed by atoms with Crippen LogP contribution in [0.15, 0.2) is 53.5 Å². The number of carbonyl (C=O) groups is 1. The van der Waals surface area contributed by atoms with Crippen LogP contribution in [-0.4, -0.2) is 29.9 Å². The van der Waals surface area contributed by atoms with Gasteiger partial charge in [-0.2, -0.15) is 0 Å². The second kappa shape index (κ2) is 11.0. The van der Waals surface area contributed by atoms with Crippen LogP contribution in [0.2, 0.25) is 0 Å². The molecule has 206 valence electrons. The average molecular weight is 530 g/mol. The van der Waals surface area contributed by atoms with Crippen LogP contribution < -0.4 is 10.3 Å². The molecule has 0 radical (unpaired) electrons. The highest BCUT2D eigenvalue weighted by molar-refractivity contribution is 5.91. The van der Waals surface area contributed by atoms with Crippen molar-refractivity contribution in [2.45, 2.75) is 78.0 Å². The number of methoxy groups -OCH3 is 1. The Balaban J connectivity index is 1.74. The molecule has 1 aliphatic carbocycles. The maximum atomic E-state index is 13.3. The van der Waals surface area contributed by atoms with Crippen LogP contribution in [0, 0.1) is 12.8 Å². The number of nitrogens with zero attached hydrogens (tertiary/aromatic N) is 1. The maximum absolute atomic E-state index is 13.3. The van der Waals surface area contributed by atoms with E-state index in [0.717, 1.165) is 70.7 Å². The van der Waals surface area contributed by atoms with Gasteiger partial charge in [-0.05, 0) is 111 Å². The summed E-state index contributed by atoms with van der Waals surface area (Å²) in [4.78, 5) is 26.0. The molecule has 1 fully saturated rings. The standard InChI is InChI=1S/C33H39NO5/c1-21-11-14-26(25-13-16-28(35)34(20-25)19-22-8-6-9-22)30(24-12-15-27-23(18-24)10-7-17-38-27)29(21)31(32(36)37-5)39-33(2,3)4/h11-16,18,20,22,31H,6-10,17,19H2,1-5H3. The van der Waals surface area contributed by atoms with E-state index < -0.39 is 17.7 Å². The first-order valence-corrected chi connectivity index (χ1v) is 14.0. The van der Waals surface area contributed by atoms with Crippen molar-refractivity contribution >= 4 is 5.97 Å². The fraction of sp³-hybridized carbons (Fsp3) is 0.455. The lowest BCUT2D eigenvalue weighted by molar-refractivity contribution is -0.164. The molecular formula is C33H39NO5. The van der Waals surface area contributed by atoms with E-state index >= 15 is 0 Å². The van der Waals surface area contributed by atoms with E-state index in [1.54, 1.807) is 6.07 Å². The number of rotatable bonds is 7. The van der Waals surface area contributed by atoms with Gasteiger partial charge in [0, 0.05) is 24.4 Å². The monoisotopic (exact) mass is 529 g/mol. The highest BCUT2D eigenvalue weighted by Crippen LogP contribution is 2.43. The van der Waals surface area contributed by atoms with E-state index in [1.807, 2.05) is 56.7 Å². The quantitative estimate of drug-likeness (QED) is 0.321. The molecule has 6 nitrogen and oxygen atoms in total. The molecule has 3 aromatic rings. The number of fused-ring (bicyclic) bond motifs is 1. The molecule has 0 bridgehead atoms. The summed E-state index contributed by atoms with van der Waals surface area (Å²) in [6.07, 6.45) is 6.52. The van der Waals surface area contributed by atoms with Crippen molar-refractivity contribution in [1.29, 1.82) is 0 Å². The summed E-state index contributed by atoms with van der Waals surface area (Å²) in [6.45, 7) is 9.27. The molecular weight excluding hydrogens is 490 g/mol. The molecule has 2 aliphatic rings. The number of hydrogen-bond acceptors (Lipinski definition) is 5. The van der Waals surface area contributed by atoms with Crippen molar-refractivity contribution in [2.24, 2.45) is 5.92 Å². The van der Waals surface area contributed by atoms with Crippen LogP contribution in [0.1, 0.15) is 69.2 Å². The van der Waals surface area contributed by atoms with E-state index in [2.05, 4.69) is 18.2 Å². The minimum absolute atomic E-state index is 0.00830. The number of aryl methyl sites for hydroxylation is 2. The van der Waals surface area contributed by atoms with Gasteiger partial charge >= 0.3 is 5.97 Å². The lowest BCUT2D eigenvalue weighted by atomic mass is 9.84. The molecule has 1 saturated carbocycles. The molecule has 0 spiro atoms. The second-order valence-corrected chi connectivity index (χ2v) is 11.8. The average Bonchev–Trinajstić information content (AvgIpc) is 2.89. The molecule has 6 heteroatoms. The van der Waals surface area contributed by atoms with Gasteiger partial charge in [-0.1, -0.05) is 24.6 Å². The lowest BCUT2D eigenvalue weighted by Crippen LogP contribution is -2.29. The molecule has 0 amide bonds. The van der Waals surface area contributed by atoms with E-state index in [0.29, 0.717) is 5.92 Å². The molecule has 1 unspecified atom stereocenters. The van der Waals surface area contributed by atoms with Crippen LogP contribution in [0.3, 0.4) is 0 Å². The molecule has 5 rings (SSSR count). The lowest BCUT2D eigenvalue weighted by Gasteiger charge is -2.30. The van der Waals surface area contributed by atoms with E-state index in [4.69, 9.17) is 14.2 Å². The highest BCUT2D eigenvalue weighted by Gasteiger charge is 2.33. The minimum atomic E-state index is -0.918.